The van der Waals surface area contributed by atoms with Crippen LogP contribution in [0.3, 0.4) is 0 Å². The Labute approximate surface area is 125 Å². The molecule has 0 radical (unpaired) electrons. The minimum atomic E-state index is 0.676. The molecule has 1 aliphatic carbocycles. The first-order chi connectivity index (χ1) is 10.3. The molecule has 0 atom stereocenters. The van der Waals surface area contributed by atoms with Crippen molar-refractivity contribution >= 4 is 0 Å². The lowest BCUT2D eigenvalue weighted by Crippen LogP contribution is -2.15. The van der Waals surface area contributed by atoms with E-state index < -0.39 is 0 Å². The lowest BCUT2D eigenvalue weighted by molar-refractivity contribution is 0.339. The second kappa shape index (κ2) is 6.64. The maximum atomic E-state index is 6.00. The van der Waals surface area contributed by atoms with E-state index in [1.165, 1.54) is 18.4 Å². The van der Waals surface area contributed by atoms with Crippen molar-refractivity contribution in [3.63, 3.8) is 0 Å². The average molecular weight is 283 g/mol. The first kappa shape index (κ1) is 14.0. The van der Waals surface area contributed by atoms with Crippen LogP contribution in [-0.4, -0.2) is 12.6 Å². The second-order valence-electron chi connectivity index (χ2n) is 5.27. The van der Waals surface area contributed by atoms with E-state index in [4.69, 9.17) is 9.47 Å². The lowest BCUT2D eigenvalue weighted by atomic mass is 10.2. The molecule has 110 valence electrons. The van der Waals surface area contributed by atoms with Crippen molar-refractivity contribution in [2.75, 3.05) is 6.61 Å². The van der Waals surface area contributed by atoms with Crippen LogP contribution in [0.4, 0.5) is 0 Å². The SMILES string of the molecule is CCOc1ccc(Oc2ccccc2CNC2CC2)cc1. The lowest BCUT2D eigenvalue weighted by Gasteiger charge is -2.12. The second-order valence-corrected chi connectivity index (χ2v) is 5.27. The van der Waals surface area contributed by atoms with Crippen molar-refractivity contribution in [2.24, 2.45) is 0 Å². The molecule has 1 N–H and O–H groups in total. The number of nitrogens with one attached hydrogen (secondary N) is 1. The summed E-state index contributed by atoms with van der Waals surface area (Å²) < 4.78 is 11.4. The molecule has 0 spiro atoms. The van der Waals surface area contributed by atoms with Crippen LogP contribution in [0, 0.1) is 0 Å². The van der Waals surface area contributed by atoms with Crippen LogP contribution in [0.15, 0.2) is 48.5 Å². The van der Waals surface area contributed by atoms with Gasteiger partial charge in [0.2, 0.25) is 0 Å². The third-order valence-corrected chi connectivity index (χ3v) is 3.49. The molecule has 3 heteroatoms. The van der Waals surface area contributed by atoms with Gasteiger partial charge in [0.1, 0.15) is 17.2 Å². The Morgan fingerprint density at radius 3 is 2.43 bits per heavy atom. The van der Waals surface area contributed by atoms with E-state index >= 15 is 0 Å². The largest absolute Gasteiger partial charge is 0.494 e. The highest BCUT2D eigenvalue weighted by molar-refractivity contribution is 5.39. The van der Waals surface area contributed by atoms with Gasteiger partial charge in [-0.2, -0.15) is 0 Å². The molecule has 0 aliphatic heterocycles. The van der Waals surface area contributed by atoms with Crippen LogP contribution < -0.4 is 14.8 Å². The maximum absolute atomic E-state index is 6.00. The van der Waals surface area contributed by atoms with Gasteiger partial charge in [-0.1, -0.05) is 18.2 Å². The molecule has 3 rings (SSSR count). The Hall–Kier alpha value is -2.00. The fourth-order valence-corrected chi connectivity index (χ4v) is 2.19. The third kappa shape index (κ3) is 3.99. The average Bonchev–Trinajstić information content (AvgIpc) is 3.33. The van der Waals surface area contributed by atoms with Gasteiger partial charge < -0.3 is 14.8 Å². The van der Waals surface area contributed by atoms with E-state index in [0.29, 0.717) is 12.6 Å². The Morgan fingerprint density at radius 2 is 1.71 bits per heavy atom. The summed E-state index contributed by atoms with van der Waals surface area (Å²) in [6, 6.07) is 16.6. The van der Waals surface area contributed by atoms with Crippen LogP contribution in [0.25, 0.3) is 0 Å². The summed E-state index contributed by atoms with van der Waals surface area (Å²) in [6.45, 7) is 3.52. The fourth-order valence-electron chi connectivity index (χ4n) is 2.19. The quantitative estimate of drug-likeness (QED) is 0.828. The standard InChI is InChI=1S/C18H21NO2/c1-2-20-16-9-11-17(12-10-16)21-18-6-4-3-5-14(18)13-19-15-7-8-15/h3-6,9-12,15,19H,2,7-8,13H2,1H3. The molecule has 0 bridgehead atoms. The summed E-state index contributed by atoms with van der Waals surface area (Å²) in [4.78, 5) is 0. The number of hydrogen-bond acceptors (Lipinski definition) is 3. The molecule has 2 aromatic carbocycles. The molecule has 1 fully saturated rings. The monoisotopic (exact) mass is 283 g/mol. The minimum Gasteiger partial charge on any atom is -0.494 e. The summed E-state index contributed by atoms with van der Waals surface area (Å²) in [5, 5.41) is 3.52. The molecule has 0 heterocycles. The van der Waals surface area contributed by atoms with Gasteiger partial charge in [-0.25, -0.2) is 0 Å². The number of hydrogen-bond donors (Lipinski definition) is 1. The van der Waals surface area contributed by atoms with E-state index in [2.05, 4.69) is 17.4 Å². The molecule has 21 heavy (non-hydrogen) atoms. The molecular formula is C18H21NO2. The van der Waals surface area contributed by atoms with Crippen molar-refractivity contribution in [1.82, 2.24) is 5.32 Å². The van der Waals surface area contributed by atoms with Crippen LogP contribution in [-0.2, 0) is 6.54 Å². The topological polar surface area (TPSA) is 30.5 Å². The molecule has 3 nitrogen and oxygen atoms in total. The molecular weight excluding hydrogens is 262 g/mol. The van der Waals surface area contributed by atoms with E-state index in [1.807, 2.05) is 43.3 Å². The van der Waals surface area contributed by atoms with Crippen LogP contribution >= 0.6 is 0 Å². The molecule has 0 unspecified atom stereocenters. The van der Waals surface area contributed by atoms with Gasteiger partial charge in [0, 0.05) is 18.2 Å². The minimum absolute atomic E-state index is 0.676. The van der Waals surface area contributed by atoms with Gasteiger partial charge in [-0.05, 0) is 50.1 Å². The number of ether oxygens (including phenoxy) is 2. The Morgan fingerprint density at radius 1 is 1.00 bits per heavy atom. The van der Waals surface area contributed by atoms with Gasteiger partial charge in [0.15, 0.2) is 0 Å². The predicted molar refractivity (Wildman–Crippen MR) is 84.0 cm³/mol. The van der Waals surface area contributed by atoms with E-state index in [-0.39, 0.29) is 0 Å². The molecule has 1 saturated carbocycles. The highest BCUT2D eigenvalue weighted by Gasteiger charge is 2.20. The Balaban J connectivity index is 1.68. The fraction of sp³-hybridized carbons (Fsp3) is 0.333. The molecule has 2 aromatic rings. The summed E-state index contributed by atoms with van der Waals surface area (Å²) in [5.41, 5.74) is 1.19. The van der Waals surface area contributed by atoms with Crippen molar-refractivity contribution < 1.29 is 9.47 Å². The van der Waals surface area contributed by atoms with Crippen molar-refractivity contribution in [3.8, 4) is 17.2 Å². The Kier molecular flexibility index (Phi) is 4.41. The van der Waals surface area contributed by atoms with Crippen molar-refractivity contribution in [1.29, 1.82) is 0 Å². The third-order valence-electron chi connectivity index (χ3n) is 3.49. The zero-order valence-electron chi connectivity index (χ0n) is 12.3. The van der Waals surface area contributed by atoms with Crippen molar-refractivity contribution in [3.05, 3.63) is 54.1 Å². The van der Waals surface area contributed by atoms with Gasteiger partial charge >= 0.3 is 0 Å². The zero-order chi connectivity index (χ0) is 14.5. The van der Waals surface area contributed by atoms with Crippen LogP contribution in [0.5, 0.6) is 17.2 Å². The smallest absolute Gasteiger partial charge is 0.131 e. The first-order valence-electron chi connectivity index (χ1n) is 7.57. The van der Waals surface area contributed by atoms with Gasteiger partial charge in [-0.15, -0.1) is 0 Å². The molecule has 0 saturated heterocycles. The normalized spacial score (nSPS) is 14.0. The molecule has 1 aliphatic rings. The molecule has 0 aromatic heterocycles. The van der Waals surface area contributed by atoms with Gasteiger partial charge in [-0.3, -0.25) is 0 Å². The van der Waals surface area contributed by atoms with Gasteiger partial charge in [0.25, 0.3) is 0 Å². The summed E-state index contributed by atoms with van der Waals surface area (Å²) in [6.07, 6.45) is 2.59. The summed E-state index contributed by atoms with van der Waals surface area (Å²) >= 11 is 0. The highest BCUT2D eigenvalue weighted by atomic mass is 16.5. The highest BCUT2D eigenvalue weighted by Crippen LogP contribution is 2.28. The Bertz CT molecular complexity index is 576. The van der Waals surface area contributed by atoms with Gasteiger partial charge in [0.05, 0.1) is 6.61 Å². The van der Waals surface area contributed by atoms with E-state index in [9.17, 15) is 0 Å². The van der Waals surface area contributed by atoms with E-state index in [1.54, 1.807) is 0 Å². The summed E-state index contributed by atoms with van der Waals surface area (Å²) in [5.74, 6) is 2.61. The number of para-hydroxylation sites is 1. The summed E-state index contributed by atoms with van der Waals surface area (Å²) in [7, 11) is 0. The number of rotatable bonds is 7. The van der Waals surface area contributed by atoms with E-state index in [0.717, 1.165) is 23.8 Å². The first-order valence-corrected chi connectivity index (χ1v) is 7.57. The number of benzene rings is 2. The van der Waals surface area contributed by atoms with Crippen molar-refractivity contribution in [2.45, 2.75) is 32.4 Å². The maximum Gasteiger partial charge on any atom is 0.131 e. The zero-order valence-corrected chi connectivity index (χ0v) is 12.3. The van der Waals surface area contributed by atoms with Crippen LogP contribution in [0.2, 0.25) is 0 Å². The molecule has 0 amide bonds. The van der Waals surface area contributed by atoms with Crippen LogP contribution in [0.1, 0.15) is 25.3 Å². The predicted octanol–water partition coefficient (Wildman–Crippen LogP) is 4.13.